The van der Waals surface area contributed by atoms with E-state index in [1.54, 1.807) is 11.8 Å². The van der Waals surface area contributed by atoms with Crippen molar-refractivity contribution in [3.63, 3.8) is 0 Å². The third kappa shape index (κ3) is 5.19. The van der Waals surface area contributed by atoms with Gasteiger partial charge in [-0.2, -0.15) is 0 Å². The zero-order valence-corrected chi connectivity index (χ0v) is 13.1. The molecule has 1 heterocycles. The molecule has 0 aliphatic carbocycles. The molecular formula is C14H23NO3S. The number of nitrogens with one attached hydrogen (secondary N) is 1. The van der Waals surface area contributed by atoms with Gasteiger partial charge in [0.25, 0.3) is 0 Å². The Labute approximate surface area is 119 Å². The Kier molecular flexibility index (Phi) is 5.35. The van der Waals surface area contributed by atoms with Gasteiger partial charge in [-0.15, -0.1) is 11.8 Å². The highest BCUT2D eigenvalue weighted by Crippen LogP contribution is 2.31. The summed E-state index contributed by atoms with van der Waals surface area (Å²) in [5, 5.41) is 2.84. The second kappa shape index (κ2) is 6.37. The number of thioether (sulfide) groups is 1. The Morgan fingerprint density at radius 2 is 2.16 bits per heavy atom. The van der Waals surface area contributed by atoms with Crippen LogP contribution in [0.5, 0.6) is 0 Å². The standard InChI is InChI=1S/C14H23NO3S/c1-9(2)12-11(19-6)7-10(8-17-12)15-13(16)18-14(3,4)5/h10H,1,7-8H2,2-6H3,(H,15,16). The number of carbonyl (C=O) groups is 1. The van der Waals surface area contributed by atoms with E-state index in [-0.39, 0.29) is 6.04 Å². The lowest BCUT2D eigenvalue weighted by Crippen LogP contribution is -2.43. The van der Waals surface area contributed by atoms with E-state index in [9.17, 15) is 4.79 Å². The molecule has 0 aromatic heterocycles. The third-order valence-electron chi connectivity index (χ3n) is 2.47. The van der Waals surface area contributed by atoms with Crippen molar-refractivity contribution in [3.05, 3.63) is 22.8 Å². The van der Waals surface area contributed by atoms with Gasteiger partial charge in [0.15, 0.2) is 0 Å². The normalized spacial score (nSPS) is 19.7. The first-order valence-electron chi connectivity index (χ1n) is 6.28. The Hall–Kier alpha value is -1.10. The van der Waals surface area contributed by atoms with E-state index in [1.165, 1.54) is 0 Å². The number of hydrogen-bond donors (Lipinski definition) is 1. The second-order valence-corrected chi connectivity index (χ2v) is 6.50. The van der Waals surface area contributed by atoms with Crippen LogP contribution in [0.1, 0.15) is 34.1 Å². The molecular weight excluding hydrogens is 262 g/mol. The van der Waals surface area contributed by atoms with Crippen molar-refractivity contribution in [3.8, 4) is 0 Å². The summed E-state index contributed by atoms with van der Waals surface area (Å²) in [4.78, 5) is 12.8. The van der Waals surface area contributed by atoms with E-state index in [4.69, 9.17) is 9.47 Å². The molecule has 0 saturated heterocycles. The largest absolute Gasteiger partial charge is 0.490 e. The lowest BCUT2D eigenvalue weighted by Gasteiger charge is -2.29. The number of alkyl carbamates (subject to hydrolysis) is 1. The van der Waals surface area contributed by atoms with Gasteiger partial charge in [-0.3, -0.25) is 0 Å². The Morgan fingerprint density at radius 3 is 2.63 bits per heavy atom. The second-order valence-electron chi connectivity index (χ2n) is 5.60. The van der Waals surface area contributed by atoms with Crippen molar-refractivity contribution in [1.82, 2.24) is 5.32 Å². The maximum atomic E-state index is 11.7. The Bertz CT molecular complexity index is 396. The highest BCUT2D eigenvalue weighted by Gasteiger charge is 2.25. The number of rotatable bonds is 3. The quantitative estimate of drug-likeness (QED) is 0.862. The van der Waals surface area contributed by atoms with Gasteiger partial charge in [-0.25, -0.2) is 4.79 Å². The smallest absolute Gasteiger partial charge is 0.408 e. The van der Waals surface area contributed by atoms with Crippen molar-refractivity contribution in [2.24, 2.45) is 0 Å². The lowest BCUT2D eigenvalue weighted by molar-refractivity contribution is 0.0465. The topological polar surface area (TPSA) is 47.6 Å². The van der Waals surface area contributed by atoms with E-state index >= 15 is 0 Å². The summed E-state index contributed by atoms with van der Waals surface area (Å²) in [7, 11) is 0. The molecule has 0 radical (unpaired) electrons. The molecule has 0 aromatic rings. The fourth-order valence-electron chi connectivity index (χ4n) is 1.74. The van der Waals surface area contributed by atoms with Crippen molar-refractivity contribution in [2.45, 2.75) is 45.8 Å². The first-order valence-corrected chi connectivity index (χ1v) is 7.50. The number of carbonyl (C=O) groups excluding carboxylic acids is 1. The van der Waals surface area contributed by atoms with Crippen LogP contribution in [0.2, 0.25) is 0 Å². The molecule has 1 atom stereocenters. The zero-order chi connectivity index (χ0) is 14.6. The predicted octanol–water partition coefficient (Wildman–Crippen LogP) is 3.45. The average Bonchev–Trinajstić information content (AvgIpc) is 2.25. The summed E-state index contributed by atoms with van der Waals surface area (Å²) in [6, 6.07) is -0.0552. The van der Waals surface area contributed by atoms with Crippen molar-refractivity contribution >= 4 is 17.9 Å². The van der Waals surface area contributed by atoms with Crippen LogP contribution >= 0.6 is 11.8 Å². The monoisotopic (exact) mass is 285 g/mol. The third-order valence-corrected chi connectivity index (χ3v) is 3.31. The van der Waals surface area contributed by atoms with Gasteiger partial charge in [0.2, 0.25) is 0 Å². The van der Waals surface area contributed by atoms with E-state index in [0.29, 0.717) is 6.61 Å². The minimum Gasteiger partial charge on any atom is -0.490 e. The van der Waals surface area contributed by atoms with Gasteiger partial charge < -0.3 is 14.8 Å². The molecule has 1 aliphatic heterocycles. The Balaban J connectivity index is 2.61. The summed E-state index contributed by atoms with van der Waals surface area (Å²) in [5.41, 5.74) is 0.431. The maximum absolute atomic E-state index is 11.7. The molecule has 1 N–H and O–H groups in total. The lowest BCUT2D eigenvalue weighted by atomic mass is 10.1. The van der Waals surface area contributed by atoms with Gasteiger partial charge in [0.05, 0.1) is 6.04 Å². The summed E-state index contributed by atoms with van der Waals surface area (Å²) in [6.07, 6.45) is 2.35. The molecule has 108 valence electrons. The number of amides is 1. The predicted molar refractivity (Wildman–Crippen MR) is 79.1 cm³/mol. The number of ether oxygens (including phenoxy) is 2. The van der Waals surface area contributed by atoms with Crippen molar-refractivity contribution in [2.75, 3.05) is 12.9 Å². The summed E-state index contributed by atoms with van der Waals surface area (Å²) >= 11 is 1.63. The fourth-order valence-corrected chi connectivity index (χ4v) is 2.53. The minimum absolute atomic E-state index is 0.0552. The van der Waals surface area contributed by atoms with Crippen LogP contribution in [0.3, 0.4) is 0 Å². The van der Waals surface area contributed by atoms with Crippen LogP contribution in [-0.4, -0.2) is 30.6 Å². The van der Waals surface area contributed by atoms with Crippen LogP contribution in [0.15, 0.2) is 22.8 Å². The van der Waals surface area contributed by atoms with E-state index < -0.39 is 11.7 Å². The molecule has 1 aliphatic rings. The summed E-state index contributed by atoms with van der Waals surface area (Å²) in [6.45, 7) is 11.8. The first-order chi connectivity index (χ1) is 8.73. The maximum Gasteiger partial charge on any atom is 0.408 e. The van der Waals surface area contributed by atoms with Crippen molar-refractivity contribution in [1.29, 1.82) is 0 Å². The van der Waals surface area contributed by atoms with E-state index in [0.717, 1.165) is 22.7 Å². The SMILES string of the molecule is C=C(C)C1=C(SC)CC(NC(=O)OC(C)(C)C)CO1. The molecule has 0 spiro atoms. The highest BCUT2D eigenvalue weighted by atomic mass is 32.2. The summed E-state index contributed by atoms with van der Waals surface area (Å²) in [5.74, 6) is 0.856. The highest BCUT2D eigenvalue weighted by molar-refractivity contribution is 8.02. The summed E-state index contributed by atoms with van der Waals surface area (Å²) < 4.78 is 10.9. The molecule has 1 amide bonds. The van der Waals surface area contributed by atoms with E-state index in [1.807, 2.05) is 34.0 Å². The fraction of sp³-hybridized carbons (Fsp3) is 0.643. The number of allylic oxidation sites excluding steroid dienone is 1. The van der Waals surface area contributed by atoms with E-state index in [2.05, 4.69) is 11.9 Å². The Morgan fingerprint density at radius 1 is 1.53 bits per heavy atom. The van der Waals surface area contributed by atoms with Crippen molar-refractivity contribution < 1.29 is 14.3 Å². The average molecular weight is 285 g/mol. The number of hydrogen-bond acceptors (Lipinski definition) is 4. The molecule has 1 unspecified atom stereocenters. The van der Waals surface area contributed by atoms with Gasteiger partial charge in [-0.1, -0.05) is 6.58 Å². The molecule has 0 bridgehead atoms. The van der Waals surface area contributed by atoms with Crippen LogP contribution in [0, 0.1) is 0 Å². The molecule has 4 nitrogen and oxygen atoms in total. The molecule has 0 aromatic carbocycles. The zero-order valence-electron chi connectivity index (χ0n) is 12.3. The van der Waals surface area contributed by atoms with Crippen LogP contribution in [-0.2, 0) is 9.47 Å². The van der Waals surface area contributed by atoms with Gasteiger partial charge >= 0.3 is 6.09 Å². The first kappa shape index (κ1) is 16.0. The van der Waals surface area contributed by atoms with Gasteiger partial charge in [0.1, 0.15) is 18.0 Å². The molecule has 19 heavy (non-hydrogen) atoms. The van der Waals surface area contributed by atoms with Crippen LogP contribution in [0.4, 0.5) is 4.79 Å². The van der Waals surface area contributed by atoms with Gasteiger partial charge in [-0.05, 0) is 39.5 Å². The van der Waals surface area contributed by atoms with Crippen LogP contribution < -0.4 is 5.32 Å². The molecule has 0 saturated carbocycles. The van der Waals surface area contributed by atoms with Crippen LogP contribution in [0.25, 0.3) is 0 Å². The van der Waals surface area contributed by atoms with Gasteiger partial charge in [0, 0.05) is 11.3 Å². The molecule has 0 fully saturated rings. The minimum atomic E-state index is -0.485. The molecule has 1 rings (SSSR count). The molecule has 5 heteroatoms.